The van der Waals surface area contributed by atoms with Crippen molar-refractivity contribution in [3.05, 3.63) is 89.9 Å². The molecule has 0 radical (unpaired) electrons. The molecule has 3 aromatic heterocycles. The summed E-state index contributed by atoms with van der Waals surface area (Å²) in [6.07, 6.45) is 14.8. The van der Waals surface area contributed by atoms with Gasteiger partial charge < -0.3 is 29.4 Å². The molecule has 4 aliphatic rings. The molecule has 0 amide bonds. The molecular formula is C46H59N4O5+. The molecule has 9 heteroatoms. The van der Waals surface area contributed by atoms with E-state index in [-0.39, 0.29) is 29.7 Å². The number of methoxy groups -OCH3 is 1. The highest BCUT2D eigenvalue weighted by Crippen LogP contribution is 2.48. The van der Waals surface area contributed by atoms with Gasteiger partial charge >= 0.3 is 11.9 Å². The van der Waals surface area contributed by atoms with Gasteiger partial charge in [-0.25, -0.2) is 0 Å². The Kier molecular flexibility index (Phi) is 10.5. The monoisotopic (exact) mass is 747 g/mol. The summed E-state index contributed by atoms with van der Waals surface area (Å²) < 4.78 is 8.23. The number of carbonyl (C=O) groups is 3. The summed E-state index contributed by atoms with van der Waals surface area (Å²) >= 11 is 0. The molecule has 3 aliphatic heterocycles. The number of rotatable bonds is 11. The highest BCUT2D eigenvalue weighted by Gasteiger charge is 2.49. The Bertz CT molecular complexity index is 2290. The van der Waals surface area contributed by atoms with Gasteiger partial charge in [-0.1, -0.05) is 46.6 Å². The molecule has 4 atom stereocenters. The number of aromatic amines is 3. The number of Topliss-reactive ketones (excluding diaryl/α,β-unsaturated/α-hetero) is 1. The second kappa shape index (κ2) is 15.0. The average molecular weight is 748 g/mol. The zero-order valence-electron chi connectivity index (χ0n) is 34.4. The topological polar surface area (TPSA) is 123 Å². The first-order valence-corrected chi connectivity index (χ1v) is 20.4. The fourth-order valence-corrected chi connectivity index (χ4v) is 9.35. The standard InChI is InChI=1S/C46H58N4O5/c1-11-30-25(6)33-19-35-27(8)32(16-17-39(51)55-22-29(55)18-24(5)15-13-14-23(3)4)43(49-35)41-42(46(53)54-10)45(52)40-28(9)36(50-44(40)41)21-38-31(12-2)26(7)34(48-38)20-37(30)47-33/h18-21,23,27,29,32,42,47-48H,11-17,22H2,1-10H3,(H-,49,50,52)/p+1/b24-18+,34-20-,35-19-,38-21-/t27-,29+,32-,42+/m0/s1. The van der Waals surface area contributed by atoms with E-state index in [1.165, 1.54) is 41.4 Å². The molecule has 0 spiro atoms. The van der Waals surface area contributed by atoms with Gasteiger partial charge in [0.25, 0.3) is 0 Å². The molecular weight excluding hydrogens is 689 g/mol. The molecule has 4 N–H and O–H groups in total. The van der Waals surface area contributed by atoms with Gasteiger partial charge in [0.05, 0.1) is 12.8 Å². The molecule has 55 heavy (non-hydrogen) atoms. The zero-order chi connectivity index (χ0) is 39.5. The van der Waals surface area contributed by atoms with Crippen LogP contribution in [0.25, 0.3) is 23.8 Å². The van der Waals surface area contributed by atoms with Crippen LogP contribution in [0.3, 0.4) is 0 Å². The number of hydrogen-bond acceptors (Lipinski definition) is 5. The van der Waals surface area contributed by atoms with Crippen molar-refractivity contribution in [1.29, 1.82) is 0 Å². The summed E-state index contributed by atoms with van der Waals surface area (Å²) in [5, 5.41) is 5.79. The SMILES string of the molecule is CCc1c2[nH]c(c1C)/C=C1\N/C(=C3\c4[nH]c(c(C)c4C(=O)[C@@H]3C(=O)OC)/C=c3\[nH]/c(c(C)c3CC)=C\2)[C@@H](CCC(=O)[O+]2C[C@H]2/C=C(\C)CCCC(C)C)[C@@H]1C. The lowest BCUT2D eigenvalue weighted by molar-refractivity contribution is -0.152. The van der Waals surface area contributed by atoms with Crippen LogP contribution in [0.1, 0.15) is 135 Å². The number of fused-ring (bicyclic) bond motifs is 7. The molecule has 7 rings (SSSR count). The third kappa shape index (κ3) is 6.89. The van der Waals surface area contributed by atoms with E-state index in [1.54, 1.807) is 0 Å². The van der Waals surface area contributed by atoms with Gasteiger partial charge in [-0.3, -0.25) is 9.59 Å². The maximum absolute atomic E-state index is 14.4. The average Bonchev–Trinajstić information content (AvgIpc) is 3.27. The van der Waals surface area contributed by atoms with Crippen molar-refractivity contribution in [1.82, 2.24) is 20.3 Å². The van der Waals surface area contributed by atoms with Gasteiger partial charge in [-0.15, -0.1) is 0 Å². The van der Waals surface area contributed by atoms with Crippen LogP contribution in [0.15, 0.2) is 23.0 Å². The Morgan fingerprint density at radius 3 is 2.33 bits per heavy atom. The van der Waals surface area contributed by atoms with Crippen LogP contribution >= 0.6 is 0 Å². The summed E-state index contributed by atoms with van der Waals surface area (Å²) in [6, 6.07) is 0. The predicted molar refractivity (Wildman–Crippen MR) is 219 cm³/mol. The van der Waals surface area contributed by atoms with E-state index >= 15 is 0 Å². The third-order valence-electron chi connectivity index (χ3n) is 12.7. The first-order valence-electron chi connectivity index (χ1n) is 20.4. The minimum atomic E-state index is -1.11. The van der Waals surface area contributed by atoms with Crippen molar-refractivity contribution >= 4 is 41.5 Å². The highest BCUT2D eigenvalue weighted by atomic mass is 16.8. The van der Waals surface area contributed by atoms with E-state index in [0.717, 1.165) is 70.4 Å². The number of hydrogen-bond donors (Lipinski definition) is 4. The zero-order valence-corrected chi connectivity index (χ0v) is 34.4. The number of nitrogens with one attached hydrogen (secondary N) is 4. The van der Waals surface area contributed by atoms with Gasteiger partial charge in [0.1, 0.15) is 12.3 Å². The maximum atomic E-state index is 14.4. The first kappa shape index (κ1) is 38.5. The van der Waals surface area contributed by atoms with Gasteiger partial charge in [-0.2, -0.15) is 0 Å². The molecule has 2 fully saturated rings. The lowest BCUT2D eigenvalue weighted by Gasteiger charge is -2.19. The Morgan fingerprint density at radius 2 is 1.64 bits per heavy atom. The number of carbonyl (C=O) groups excluding carboxylic acids is 3. The Balaban J connectivity index is 1.34. The summed E-state index contributed by atoms with van der Waals surface area (Å²) in [4.78, 5) is 52.7. The van der Waals surface area contributed by atoms with E-state index in [1.807, 2.05) is 6.92 Å². The number of esters is 1. The largest absolute Gasteiger partial charge is 0.531 e. The molecule has 292 valence electrons. The van der Waals surface area contributed by atoms with Gasteiger partial charge in [0.2, 0.25) is 6.10 Å². The summed E-state index contributed by atoms with van der Waals surface area (Å²) in [5.74, 6) is -1.37. The van der Waals surface area contributed by atoms with Crippen molar-refractivity contribution in [2.24, 2.45) is 23.7 Å². The van der Waals surface area contributed by atoms with Crippen LogP contribution in [0, 0.1) is 44.4 Å². The molecule has 0 unspecified atom stereocenters. The van der Waals surface area contributed by atoms with Crippen LogP contribution in [-0.2, 0) is 31.5 Å². The number of ketones is 1. The fourth-order valence-electron chi connectivity index (χ4n) is 9.35. The first-order chi connectivity index (χ1) is 26.3. The summed E-state index contributed by atoms with van der Waals surface area (Å²) in [6.45, 7) is 20.1. The fraction of sp³-hybridized carbons (Fsp3) is 0.500. The quantitative estimate of drug-likeness (QED) is 0.0540. The second-order valence-electron chi connectivity index (χ2n) is 16.6. The smallest absolute Gasteiger partial charge is 0.519 e. The Labute approximate surface area is 325 Å². The van der Waals surface area contributed by atoms with E-state index in [0.29, 0.717) is 42.2 Å². The molecule has 1 aliphatic carbocycles. The van der Waals surface area contributed by atoms with Gasteiger partial charge in [0, 0.05) is 66.9 Å². The number of aromatic nitrogens is 3. The minimum absolute atomic E-state index is 0.0243. The van der Waals surface area contributed by atoms with Gasteiger partial charge in [-0.05, 0) is 118 Å². The second-order valence-corrected chi connectivity index (χ2v) is 16.6. The number of epoxide rings is 1. The molecule has 6 heterocycles. The molecule has 0 saturated carbocycles. The van der Waals surface area contributed by atoms with Crippen molar-refractivity contribution in [3.63, 3.8) is 0 Å². The number of allylic oxidation sites excluding steroid dienone is 3. The number of ether oxygens (including phenoxy) is 1. The highest BCUT2D eigenvalue weighted by molar-refractivity contribution is 6.24. The third-order valence-corrected chi connectivity index (χ3v) is 12.7. The molecule has 2 saturated heterocycles. The van der Waals surface area contributed by atoms with Crippen molar-refractivity contribution in [2.75, 3.05) is 13.7 Å². The summed E-state index contributed by atoms with van der Waals surface area (Å²) in [7, 11) is 1.34. The molecule has 0 aromatic carbocycles. The summed E-state index contributed by atoms with van der Waals surface area (Å²) in [5.41, 5.74) is 13.5. The van der Waals surface area contributed by atoms with Crippen LogP contribution < -0.4 is 16.0 Å². The van der Waals surface area contributed by atoms with Gasteiger partial charge in [0.15, 0.2) is 12.4 Å². The normalized spacial score (nSPS) is 25.0. The lowest BCUT2D eigenvalue weighted by Crippen LogP contribution is -2.25. The van der Waals surface area contributed by atoms with Crippen LogP contribution in [-0.4, -0.2) is 52.5 Å². The molecule has 9 nitrogen and oxygen atoms in total. The number of H-pyrrole nitrogens is 3. The van der Waals surface area contributed by atoms with Crippen LogP contribution in [0.5, 0.6) is 0 Å². The lowest BCUT2D eigenvalue weighted by atomic mass is 9.85. The van der Waals surface area contributed by atoms with Crippen molar-refractivity contribution < 1.29 is 23.5 Å². The van der Waals surface area contributed by atoms with E-state index < -0.39 is 11.9 Å². The molecule has 8 bridgehead atoms. The van der Waals surface area contributed by atoms with E-state index in [2.05, 4.69) is 104 Å². The van der Waals surface area contributed by atoms with E-state index in [4.69, 9.17) is 4.74 Å². The van der Waals surface area contributed by atoms with Crippen molar-refractivity contribution in [2.45, 2.75) is 113 Å². The van der Waals surface area contributed by atoms with Crippen LogP contribution in [0.4, 0.5) is 0 Å². The Hall–Kier alpha value is -4.79. The molecule has 3 aromatic rings. The van der Waals surface area contributed by atoms with E-state index in [9.17, 15) is 14.4 Å². The minimum Gasteiger partial charge on any atom is -0.531 e. The van der Waals surface area contributed by atoms with Crippen molar-refractivity contribution in [3.8, 4) is 0 Å². The maximum Gasteiger partial charge on any atom is 0.519 e. The predicted octanol–water partition coefficient (Wildman–Crippen LogP) is 7.30. The van der Waals surface area contributed by atoms with Crippen LogP contribution in [0.2, 0.25) is 0 Å². The Morgan fingerprint density at radius 1 is 0.927 bits per heavy atom.